The molecule has 0 saturated heterocycles. The van der Waals surface area contributed by atoms with Gasteiger partial charge in [-0.1, -0.05) is 38.3 Å². The van der Waals surface area contributed by atoms with E-state index in [1.54, 1.807) is 0 Å². The van der Waals surface area contributed by atoms with Crippen molar-refractivity contribution in [3.8, 4) is 0 Å². The molecule has 6 heteroatoms. The van der Waals surface area contributed by atoms with Gasteiger partial charge in [0.05, 0.1) is 25.4 Å². The molecule has 5 atom stereocenters. The van der Waals surface area contributed by atoms with E-state index >= 15 is 4.39 Å². The zero-order valence-electron chi connectivity index (χ0n) is 16.8. The summed E-state index contributed by atoms with van der Waals surface area (Å²) in [5, 5.41) is 30.4. The minimum atomic E-state index is -1.87. The third-order valence-electron chi connectivity index (χ3n) is 5.64. The van der Waals surface area contributed by atoms with Crippen LogP contribution < -0.4 is 0 Å². The first kappa shape index (κ1) is 24.1. The molecule has 0 spiro atoms. The van der Waals surface area contributed by atoms with Gasteiger partial charge in [0.25, 0.3) is 0 Å². The summed E-state index contributed by atoms with van der Waals surface area (Å²) in [6.45, 7) is 2.09. The van der Waals surface area contributed by atoms with Crippen LogP contribution in [0.15, 0.2) is 12.2 Å². The van der Waals surface area contributed by atoms with Crippen LogP contribution in [-0.2, 0) is 9.53 Å². The van der Waals surface area contributed by atoms with Crippen LogP contribution in [0.5, 0.6) is 0 Å². The van der Waals surface area contributed by atoms with E-state index in [0.29, 0.717) is 38.5 Å². The van der Waals surface area contributed by atoms with Gasteiger partial charge in [0.1, 0.15) is 5.67 Å². The Bertz CT molecular complexity index is 456. The Kier molecular flexibility index (Phi) is 11.1. The third-order valence-corrected chi connectivity index (χ3v) is 5.64. The number of carbonyl (C=O) groups is 1. The first-order valence-electron chi connectivity index (χ1n) is 10.3. The summed E-state index contributed by atoms with van der Waals surface area (Å²) in [7, 11) is 1.35. The van der Waals surface area contributed by atoms with Crippen molar-refractivity contribution in [3.63, 3.8) is 0 Å². The van der Waals surface area contributed by atoms with Gasteiger partial charge in [0.2, 0.25) is 0 Å². The molecule has 1 aliphatic carbocycles. The number of allylic oxidation sites excluding steroid dienone is 2. The fourth-order valence-electron chi connectivity index (χ4n) is 3.85. The first-order chi connectivity index (χ1) is 12.8. The highest BCUT2D eigenvalue weighted by Gasteiger charge is 2.54. The van der Waals surface area contributed by atoms with E-state index in [1.807, 2.05) is 12.2 Å². The van der Waals surface area contributed by atoms with Crippen molar-refractivity contribution in [1.29, 1.82) is 0 Å². The van der Waals surface area contributed by atoms with Crippen LogP contribution in [0.25, 0.3) is 0 Å². The number of aliphatic hydroxyl groups excluding tert-OH is 3. The molecular weight excluding hydrogens is 351 g/mol. The predicted molar refractivity (Wildman–Crippen MR) is 103 cm³/mol. The Balaban J connectivity index is 2.48. The van der Waals surface area contributed by atoms with Crippen LogP contribution in [0.1, 0.15) is 77.6 Å². The highest BCUT2D eigenvalue weighted by molar-refractivity contribution is 5.69. The molecule has 0 bridgehead atoms. The van der Waals surface area contributed by atoms with Crippen LogP contribution in [-0.4, -0.2) is 52.4 Å². The predicted octanol–water partition coefficient (Wildman–Crippen LogP) is 3.45. The molecule has 0 aliphatic heterocycles. The van der Waals surface area contributed by atoms with Crippen molar-refractivity contribution in [2.75, 3.05) is 7.11 Å². The summed E-state index contributed by atoms with van der Waals surface area (Å²) in [5.41, 5.74) is -1.87. The number of ether oxygens (including phenoxy) is 1. The SMILES string of the molecule is CCCCC[C@@H](O)CC[C@@]1(F)[C@H](O)C[C@H](O)[C@@H]1C/C=C\CCCC(=O)OC. The van der Waals surface area contributed by atoms with E-state index in [4.69, 9.17) is 0 Å². The van der Waals surface area contributed by atoms with Gasteiger partial charge in [-0.3, -0.25) is 4.79 Å². The number of carbonyl (C=O) groups excluding carboxylic acids is 1. The van der Waals surface area contributed by atoms with Crippen LogP contribution in [0.4, 0.5) is 4.39 Å². The highest BCUT2D eigenvalue weighted by Crippen LogP contribution is 2.45. The van der Waals surface area contributed by atoms with E-state index < -0.39 is 29.9 Å². The van der Waals surface area contributed by atoms with Crippen molar-refractivity contribution in [2.24, 2.45) is 5.92 Å². The van der Waals surface area contributed by atoms with Crippen molar-refractivity contribution in [1.82, 2.24) is 0 Å². The Morgan fingerprint density at radius 2 is 2.00 bits per heavy atom. The second kappa shape index (κ2) is 12.5. The van der Waals surface area contributed by atoms with Crippen LogP contribution in [0.2, 0.25) is 0 Å². The largest absolute Gasteiger partial charge is 0.469 e. The summed E-state index contributed by atoms with van der Waals surface area (Å²) in [5.74, 6) is -0.926. The van der Waals surface area contributed by atoms with Crippen LogP contribution in [0.3, 0.4) is 0 Å². The topological polar surface area (TPSA) is 87.0 Å². The van der Waals surface area contributed by atoms with E-state index in [1.165, 1.54) is 7.11 Å². The van der Waals surface area contributed by atoms with Crippen molar-refractivity contribution >= 4 is 5.97 Å². The third kappa shape index (κ3) is 7.88. The fourth-order valence-corrected chi connectivity index (χ4v) is 3.85. The molecule has 1 fully saturated rings. The molecule has 0 aromatic carbocycles. The Hall–Kier alpha value is -0.980. The molecule has 0 radical (unpaired) electrons. The van der Waals surface area contributed by atoms with E-state index in [0.717, 1.165) is 19.3 Å². The quantitative estimate of drug-likeness (QED) is 0.256. The van der Waals surface area contributed by atoms with Crippen LogP contribution >= 0.6 is 0 Å². The second-order valence-corrected chi connectivity index (χ2v) is 7.72. The van der Waals surface area contributed by atoms with Gasteiger partial charge in [-0.15, -0.1) is 0 Å². The molecular formula is C21H37FO5. The summed E-state index contributed by atoms with van der Waals surface area (Å²) in [6.07, 6.45) is 7.10. The average molecular weight is 389 g/mol. The molecule has 0 amide bonds. The summed E-state index contributed by atoms with van der Waals surface area (Å²) in [6, 6.07) is 0. The molecule has 0 aromatic rings. The Morgan fingerprint density at radius 3 is 2.67 bits per heavy atom. The smallest absolute Gasteiger partial charge is 0.305 e. The lowest BCUT2D eigenvalue weighted by atomic mass is 9.82. The van der Waals surface area contributed by atoms with E-state index in [-0.39, 0.29) is 18.8 Å². The Labute approximate surface area is 162 Å². The number of aliphatic hydroxyl groups is 3. The number of methoxy groups -OCH3 is 1. The molecule has 1 rings (SSSR count). The standard InChI is InChI=1S/C21H37FO5/c1-3-4-7-10-16(23)13-14-21(22)17(18(24)15-19(21)25)11-8-5-6-9-12-20(26)27-2/h5,8,16-19,23-25H,3-4,6-7,9-15H2,1-2H3/b8-5-/t16-,17+,18+,19-,21+/m1/s1. The molecule has 0 heterocycles. The summed E-state index contributed by atoms with van der Waals surface area (Å²) >= 11 is 0. The molecule has 27 heavy (non-hydrogen) atoms. The molecule has 0 aromatic heterocycles. The van der Waals surface area contributed by atoms with Gasteiger partial charge in [-0.05, 0) is 38.5 Å². The maximum absolute atomic E-state index is 15.5. The number of halogens is 1. The van der Waals surface area contributed by atoms with E-state index in [9.17, 15) is 20.1 Å². The number of unbranched alkanes of at least 4 members (excludes halogenated alkanes) is 3. The van der Waals surface area contributed by atoms with Crippen LogP contribution in [0, 0.1) is 5.92 Å². The molecule has 5 nitrogen and oxygen atoms in total. The lowest BCUT2D eigenvalue weighted by molar-refractivity contribution is -0.140. The Morgan fingerprint density at radius 1 is 1.26 bits per heavy atom. The van der Waals surface area contributed by atoms with Gasteiger partial charge in [-0.2, -0.15) is 0 Å². The maximum Gasteiger partial charge on any atom is 0.305 e. The molecule has 0 unspecified atom stereocenters. The molecule has 3 N–H and O–H groups in total. The summed E-state index contributed by atoms with van der Waals surface area (Å²) in [4.78, 5) is 11.1. The minimum Gasteiger partial charge on any atom is -0.469 e. The number of rotatable bonds is 13. The molecule has 1 saturated carbocycles. The number of esters is 1. The highest BCUT2D eigenvalue weighted by atomic mass is 19.1. The lowest BCUT2D eigenvalue weighted by Crippen LogP contribution is -2.40. The van der Waals surface area contributed by atoms with Crippen molar-refractivity contribution < 1.29 is 29.2 Å². The second-order valence-electron chi connectivity index (χ2n) is 7.72. The van der Waals surface area contributed by atoms with Gasteiger partial charge in [0, 0.05) is 18.8 Å². The molecule has 158 valence electrons. The lowest BCUT2D eigenvalue weighted by Gasteiger charge is -2.31. The molecule has 1 aliphatic rings. The van der Waals surface area contributed by atoms with Gasteiger partial charge in [0.15, 0.2) is 0 Å². The number of hydrogen-bond donors (Lipinski definition) is 3. The minimum absolute atomic E-state index is 0.0310. The van der Waals surface area contributed by atoms with Gasteiger partial charge < -0.3 is 20.1 Å². The summed E-state index contributed by atoms with van der Waals surface area (Å²) < 4.78 is 20.1. The van der Waals surface area contributed by atoms with Gasteiger partial charge >= 0.3 is 5.97 Å². The number of alkyl halides is 1. The van der Waals surface area contributed by atoms with Gasteiger partial charge in [-0.25, -0.2) is 4.39 Å². The zero-order valence-corrected chi connectivity index (χ0v) is 16.8. The zero-order chi connectivity index (χ0) is 20.3. The monoisotopic (exact) mass is 388 g/mol. The fraction of sp³-hybridized carbons (Fsp3) is 0.857. The van der Waals surface area contributed by atoms with Crippen molar-refractivity contribution in [2.45, 2.75) is 102 Å². The normalized spacial score (nSPS) is 29.3. The number of hydrogen-bond acceptors (Lipinski definition) is 5. The average Bonchev–Trinajstić information content (AvgIpc) is 2.85. The first-order valence-corrected chi connectivity index (χ1v) is 10.3. The van der Waals surface area contributed by atoms with Crippen molar-refractivity contribution in [3.05, 3.63) is 12.2 Å². The maximum atomic E-state index is 15.5. The van der Waals surface area contributed by atoms with E-state index in [2.05, 4.69) is 11.7 Å².